The minimum Gasteiger partial charge on any atom is -0.508 e. The number of para-hydroxylation sites is 1. The number of hydrogen-bond donors (Lipinski definition) is 7. The van der Waals surface area contributed by atoms with Crippen molar-refractivity contribution in [3.63, 3.8) is 0 Å². The lowest BCUT2D eigenvalue weighted by Crippen LogP contribution is -2.12. The fraction of sp³-hybridized carbons (Fsp3) is 0.400. The summed E-state index contributed by atoms with van der Waals surface area (Å²) in [5, 5.41) is 74.2. The van der Waals surface area contributed by atoms with Crippen molar-refractivity contribution in [2.45, 2.75) is 12.5 Å². The highest BCUT2D eigenvalue weighted by atomic mass is 16.9. The van der Waals surface area contributed by atoms with E-state index in [-0.39, 0.29) is 19.6 Å². The van der Waals surface area contributed by atoms with Gasteiger partial charge in [0.2, 0.25) is 0 Å². The first-order valence-corrected chi connectivity index (χ1v) is 6.04. The van der Waals surface area contributed by atoms with Gasteiger partial charge in [-0.3, -0.25) is 0 Å². The molecule has 0 spiro atoms. The van der Waals surface area contributed by atoms with Crippen LogP contribution in [-0.4, -0.2) is 70.6 Å². The Morgan fingerprint density at radius 2 is 1.15 bits per heavy atom. The SMILES string of the molecule is O=[N+]([O-])O.O=[N+]([O-])O.O=[N+]([O-])O.OCCC(O)CO.Oc1ccccc1. The number of phenols is 1. The van der Waals surface area contributed by atoms with Gasteiger partial charge in [-0.25, -0.2) is 0 Å². The molecule has 0 radical (unpaired) electrons. The Kier molecular flexibility index (Phi) is 27.8. The Bertz CT molecular complexity index is 418. The van der Waals surface area contributed by atoms with E-state index in [0.717, 1.165) is 0 Å². The normalized spacial score (nSPS) is 8.88. The summed E-state index contributed by atoms with van der Waals surface area (Å²) in [5.74, 6) is 0.322. The van der Waals surface area contributed by atoms with Gasteiger partial charge in [0.05, 0.1) is 12.7 Å². The zero-order valence-electron chi connectivity index (χ0n) is 13.0. The van der Waals surface area contributed by atoms with Gasteiger partial charge in [-0.2, -0.15) is 0 Å². The predicted molar refractivity (Wildman–Crippen MR) is 79.2 cm³/mol. The van der Waals surface area contributed by atoms with Crippen LogP contribution in [0.4, 0.5) is 0 Å². The van der Waals surface area contributed by atoms with Crippen molar-refractivity contribution < 1.29 is 51.3 Å². The Morgan fingerprint density at radius 3 is 1.27 bits per heavy atom. The Balaban J connectivity index is -0.000000120. The summed E-state index contributed by atoms with van der Waals surface area (Å²) in [6, 6.07) is 8.71. The first-order valence-electron chi connectivity index (χ1n) is 6.04. The maximum absolute atomic E-state index is 8.63. The maximum atomic E-state index is 8.63. The molecule has 152 valence electrons. The number of aliphatic hydroxyl groups is 3. The monoisotopic (exact) mass is 389 g/mol. The lowest BCUT2D eigenvalue weighted by atomic mass is 10.3. The molecule has 0 amide bonds. The fourth-order valence-electron chi connectivity index (χ4n) is 0.668. The highest BCUT2D eigenvalue weighted by Crippen LogP contribution is 2.02. The van der Waals surface area contributed by atoms with Crippen molar-refractivity contribution in [1.82, 2.24) is 0 Å². The lowest BCUT2D eigenvalue weighted by molar-refractivity contribution is -0.742. The molecular formula is C10H19N3O13. The summed E-state index contributed by atoms with van der Waals surface area (Å²) in [5.41, 5.74) is 0. The maximum Gasteiger partial charge on any atom is 0.291 e. The van der Waals surface area contributed by atoms with Crippen LogP contribution in [0.15, 0.2) is 30.3 Å². The van der Waals surface area contributed by atoms with E-state index in [1.54, 1.807) is 24.3 Å². The second kappa shape index (κ2) is 23.8. The molecule has 0 aliphatic heterocycles. The zero-order chi connectivity index (χ0) is 21.5. The van der Waals surface area contributed by atoms with Gasteiger partial charge in [0.1, 0.15) is 5.75 Å². The number of hydrogen-bond acceptors (Lipinski definition) is 10. The second-order valence-electron chi connectivity index (χ2n) is 3.40. The quantitative estimate of drug-likeness (QED) is 0.243. The molecule has 0 saturated heterocycles. The van der Waals surface area contributed by atoms with E-state index in [1.807, 2.05) is 6.07 Å². The van der Waals surface area contributed by atoms with Gasteiger partial charge in [-0.1, -0.05) is 18.2 Å². The highest BCUT2D eigenvalue weighted by Gasteiger charge is 1.96. The number of aliphatic hydroxyl groups excluding tert-OH is 3. The van der Waals surface area contributed by atoms with E-state index in [9.17, 15) is 0 Å². The van der Waals surface area contributed by atoms with Crippen molar-refractivity contribution in [3.05, 3.63) is 60.7 Å². The molecule has 26 heavy (non-hydrogen) atoms. The Hall–Kier alpha value is -3.50. The Morgan fingerprint density at radius 1 is 0.846 bits per heavy atom. The molecule has 0 fully saturated rings. The minimum absolute atomic E-state index is 0.0677. The lowest BCUT2D eigenvalue weighted by Gasteiger charge is -2.00. The third-order valence-corrected chi connectivity index (χ3v) is 1.43. The van der Waals surface area contributed by atoms with Crippen LogP contribution in [0.5, 0.6) is 5.75 Å². The molecular weight excluding hydrogens is 370 g/mol. The molecule has 1 rings (SSSR count). The average molecular weight is 389 g/mol. The predicted octanol–water partition coefficient (Wildman–Crippen LogP) is -0.929. The van der Waals surface area contributed by atoms with Gasteiger partial charge < -0.3 is 36.0 Å². The molecule has 16 heteroatoms. The number of benzene rings is 1. The summed E-state index contributed by atoms with van der Waals surface area (Å²) in [4.78, 5) is 25.1. The van der Waals surface area contributed by atoms with Gasteiger partial charge in [0, 0.05) is 6.61 Å². The molecule has 1 atom stereocenters. The van der Waals surface area contributed by atoms with Crippen LogP contribution in [0.25, 0.3) is 0 Å². The van der Waals surface area contributed by atoms with E-state index in [2.05, 4.69) is 0 Å². The zero-order valence-corrected chi connectivity index (χ0v) is 13.0. The molecule has 0 aliphatic carbocycles. The summed E-state index contributed by atoms with van der Waals surface area (Å²) in [7, 11) is 0. The van der Waals surface area contributed by atoms with E-state index >= 15 is 0 Å². The van der Waals surface area contributed by atoms with Crippen LogP contribution in [0, 0.1) is 30.3 Å². The van der Waals surface area contributed by atoms with Gasteiger partial charge in [-0.15, -0.1) is 30.3 Å². The van der Waals surface area contributed by atoms with Crippen LogP contribution in [-0.2, 0) is 0 Å². The van der Waals surface area contributed by atoms with Crippen LogP contribution in [0.2, 0.25) is 0 Å². The first kappa shape index (κ1) is 30.4. The molecule has 0 aromatic heterocycles. The van der Waals surface area contributed by atoms with E-state index in [1.165, 1.54) is 0 Å². The number of rotatable bonds is 3. The fourth-order valence-corrected chi connectivity index (χ4v) is 0.668. The highest BCUT2D eigenvalue weighted by molar-refractivity contribution is 5.18. The molecule has 0 bridgehead atoms. The number of nitrogens with zero attached hydrogens (tertiary/aromatic N) is 3. The van der Waals surface area contributed by atoms with Crippen LogP contribution in [0.1, 0.15) is 6.42 Å². The summed E-state index contributed by atoms with van der Waals surface area (Å²) in [6.45, 7) is -0.331. The molecule has 1 aromatic rings. The smallest absolute Gasteiger partial charge is 0.291 e. The van der Waals surface area contributed by atoms with E-state index < -0.39 is 21.4 Å². The van der Waals surface area contributed by atoms with Crippen LogP contribution < -0.4 is 0 Å². The number of aromatic hydroxyl groups is 1. The van der Waals surface area contributed by atoms with Crippen molar-refractivity contribution >= 4 is 0 Å². The molecule has 0 heterocycles. The largest absolute Gasteiger partial charge is 0.508 e. The minimum atomic E-state index is -1.50. The van der Waals surface area contributed by atoms with Gasteiger partial charge >= 0.3 is 0 Å². The summed E-state index contributed by atoms with van der Waals surface area (Å²) < 4.78 is 0. The van der Waals surface area contributed by atoms with Gasteiger partial charge in [0.25, 0.3) is 15.3 Å². The van der Waals surface area contributed by atoms with E-state index in [0.29, 0.717) is 5.75 Å². The summed E-state index contributed by atoms with van der Waals surface area (Å²) >= 11 is 0. The molecule has 16 nitrogen and oxygen atoms in total. The summed E-state index contributed by atoms with van der Waals surface area (Å²) in [6.07, 6.45) is -0.485. The molecule has 1 aromatic carbocycles. The molecule has 0 aliphatic rings. The molecule has 1 unspecified atom stereocenters. The number of phenolic OH excluding ortho intramolecular Hbond substituents is 1. The molecule has 7 N–H and O–H groups in total. The topological polar surface area (TPSA) is 271 Å². The third-order valence-electron chi connectivity index (χ3n) is 1.43. The van der Waals surface area contributed by atoms with E-state index in [4.69, 9.17) is 66.4 Å². The standard InChI is InChI=1S/C6H6O.C4H10O3.3HNO3/c7-6-4-2-1-3-5-6;5-2-1-4(7)3-6;3*2-1(3)4/h1-5,7H;4-7H,1-3H2;3*(H,2,3,4). The third kappa shape index (κ3) is 86.4. The Labute approximate surface area is 144 Å². The van der Waals surface area contributed by atoms with Gasteiger partial charge in [0.15, 0.2) is 0 Å². The van der Waals surface area contributed by atoms with Crippen molar-refractivity contribution in [3.8, 4) is 5.75 Å². The van der Waals surface area contributed by atoms with Crippen LogP contribution >= 0.6 is 0 Å². The molecule has 0 saturated carbocycles. The van der Waals surface area contributed by atoms with Gasteiger partial charge in [-0.05, 0) is 18.6 Å². The second-order valence-corrected chi connectivity index (χ2v) is 3.40. The first-order chi connectivity index (χ1) is 11.9. The van der Waals surface area contributed by atoms with Crippen molar-refractivity contribution in [1.29, 1.82) is 0 Å². The van der Waals surface area contributed by atoms with Crippen molar-refractivity contribution in [2.24, 2.45) is 0 Å². The van der Waals surface area contributed by atoms with Crippen molar-refractivity contribution in [2.75, 3.05) is 13.2 Å². The van der Waals surface area contributed by atoms with Crippen LogP contribution in [0.3, 0.4) is 0 Å². The average Bonchev–Trinajstić information content (AvgIpc) is 2.47.